The number of anilines is 1. The number of carbonyl (C=O) groups is 1. The summed E-state index contributed by atoms with van der Waals surface area (Å²) in [5.74, 6) is -3.32. The number of halogens is 3. The molecule has 0 aromatic heterocycles. The van der Waals surface area contributed by atoms with Crippen molar-refractivity contribution in [2.45, 2.75) is 26.4 Å². The van der Waals surface area contributed by atoms with Gasteiger partial charge in [0.25, 0.3) is 0 Å². The van der Waals surface area contributed by atoms with Crippen LogP contribution in [0, 0.1) is 17.5 Å². The lowest BCUT2D eigenvalue weighted by molar-refractivity contribution is 0.0530. The highest BCUT2D eigenvalue weighted by Gasteiger charge is 2.15. The third kappa shape index (κ3) is 5.38. The molecule has 112 valence electrons. The van der Waals surface area contributed by atoms with Gasteiger partial charge in [0, 0.05) is 25.2 Å². The van der Waals surface area contributed by atoms with Crippen molar-refractivity contribution in [3.05, 3.63) is 29.6 Å². The molecule has 2 N–H and O–H groups in total. The van der Waals surface area contributed by atoms with Gasteiger partial charge in [0.2, 0.25) is 0 Å². The molecule has 4 nitrogen and oxygen atoms in total. The van der Waals surface area contributed by atoms with E-state index in [0.29, 0.717) is 6.07 Å². The van der Waals surface area contributed by atoms with Gasteiger partial charge < -0.3 is 15.4 Å². The predicted molar refractivity (Wildman–Crippen MR) is 69.0 cm³/mol. The van der Waals surface area contributed by atoms with Gasteiger partial charge in [-0.25, -0.2) is 18.0 Å². The fourth-order valence-electron chi connectivity index (χ4n) is 1.36. The molecule has 0 unspecified atom stereocenters. The molecule has 0 aliphatic rings. The number of ether oxygens (including phenoxy) is 1. The molecule has 0 radical (unpaired) electrons. The highest BCUT2D eigenvalue weighted by molar-refractivity contribution is 5.67. The lowest BCUT2D eigenvalue weighted by Gasteiger charge is -2.19. The summed E-state index contributed by atoms with van der Waals surface area (Å²) in [4.78, 5) is 11.3. The van der Waals surface area contributed by atoms with E-state index in [1.807, 2.05) is 0 Å². The van der Waals surface area contributed by atoms with E-state index in [2.05, 4.69) is 10.6 Å². The average molecular weight is 290 g/mol. The third-order valence-electron chi connectivity index (χ3n) is 2.10. The van der Waals surface area contributed by atoms with Crippen molar-refractivity contribution >= 4 is 11.8 Å². The van der Waals surface area contributed by atoms with E-state index >= 15 is 0 Å². The van der Waals surface area contributed by atoms with Crippen molar-refractivity contribution in [3.63, 3.8) is 0 Å². The molecule has 0 atom stereocenters. The first-order valence-electron chi connectivity index (χ1n) is 6.04. The van der Waals surface area contributed by atoms with E-state index in [1.165, 1.54) is 0 Å². The fraction of sp³-hybridized carbons (Fsp3) is 0.462. The molecule has 0 saturated heterocycles. The molecule has 1 aromatic carbocycles. The van der Waals surface area contributed by atoms with Crippen LogP contribution in [0.25, 0.3) is 0 Å². The van der Waals surface area contributed by atoms with Crippen molar-refractivity contribution in [1.82, 2.24) is 5.32 Å². The van der Waals surface area contributed by atoms with Gasteiger partial charge in [-0.05, 0) is 20.8 Å². The van der Waals surface area contributed by atoms with Crippen molar-refractivity contribution in [2.75, 3.05) is 18.4 Å². The van der Waals surface area contributed by atoms with E-state index < -0.39 is 29.1 Å². The molecule has 0 fully saturated rings. The fourth-order valence-corrected chi connectivity index (χ4v) is 1.36. The third-order valence-corrected chi connectivity index (χ3v) is 2.10. The number of hydrogen-bond donors (Lipinski definition) is 2. The quantitative estimate of drug-likeness (QED) is 0.662. The first-order chi connectivity index (χ1) is 9.19. The first kappa shape index (κ1) is 16.1. The number of benzene rings is 1. The average Bonchev–Trinajstić information content (AvgIpc) is 2.28. The van der Waals surface area contributed by atoms with Gasteiger partial charge in [-0.3, -0.25) is 0 Å². The maximum absolute atomic E-state index is 13.3. The van der Waals surface area contributed by atoms with E-state index in [9.17, 15) is 18.0 Å². The smallest absolute Gasteiger partial charge is 0.407 e. The standard InChI is InChI=1S/C13H17F3N2O2/c1-13(2,3)20-12(19)18-5-4-17-10-7-8(14)6-9(15)11(10)16/h6-7,17H,4-5H2,1-3H3,(H,18,19). The zero-order valence-electron chi connectivity index (χ0n) is 11.5. The summed E-state index contributed by atoms with van der Waals surface area (Å²) in [6.45, 7) is 5.37. The van der Waals surface area contributed by atoms with Gasteiger partial charge in [0.15, 0.2) is 11.6 Å². The summed E-state index contributed by atoms with van der Waals surface area (Å²) in [5, 5.41) is 4.91. The maximum atomic E-state index is 13.3. The minimum atomic E-state index is -1.27. The summed E-state index contributed by atoms with van der Waals surface area (Å²) in [5.41, 5.74) is -0.913. The van der Waals surface area contributed by atoms with Crippen LogP contribution >= 0.6 is 0 Å². The topological polar surface area (TPSA) is 50.4 Å². The van der Waals surface area contributed by atoms with Crippen molar-refractivity contribution in [3.8, 4) is 0 Å². The molecule has 0 aliphatic carbocycles. The number of alkyl carbamates (subject to hydrolysis) is 1. The Morgan fingerprint density at radius 2 is 1.85 bits per heavy atom. The van der Waals surface area contributed by atoms with Crippen molar-refractivity contribution < 1.29 is 22.7 Å². The molecule has 1 amide bonds. The summed E-state index contributed by atoms with van der Waals surface area (Å²) in [6.07, 6.45) is -0.620. The maximum Gasteiger partial charge on any atom is 0.407 e. The van der Waals surface area contributed by atoms with Gasteiger partial charge in [0.05, 0.1) is 5.69 Å². The Morgan fingerprint density at radius 3 is 2.45 bits per heavy atom. The number of hydrogen-bond acceptors (Lipinski definition) is 3. The number of rotatable bonds is 4. The van der Waals surface area contributed by atoms with Gasteiger partial charge >= 0.3 is 6.09 Å². The summed E-state index contributed by atoms with van der Waals surface area (Å²) >= 11 is 0. The van der Waals surface area contributed by atoms with Gasteiger partial charge in [-0.1, -0.05) is 0 Å². The number of carbonyl (C=O) groups excluding carboxylic acids is 1. The van der Waals surface area contributed by atoms with Crippen LogP contribution in [0.4, 0.5) is 23.7 Å². The predicted octanol–water partition coefficient (Wildman–Crippen LogP) is 3.04. The second-order valence-corrected chi connectivity index (χ2v) is 5.10. The van der Waals surface area contributed by atoms with E-state index in [1.54, 1.807) is 20.8 Å². The number of nitrogens with one attached hydrogen (secondary N) is 2. The normalized spacial score (nSPS) is 11.1. The molecular formula is C13H17F3N2O2. The Balaban J connectivity index is 2.40. The second-order valence-electron chi connectivity index (χ2n) is 5.10. The Bertz CT molecular complexity index is 487. The van der Waals surface area contributed by atoms with E-state index in [-0.39, 0.29) is 18.8 Å². The molecular weight excluding hydrogens is 273 g/mol. The van der Waals surface area contributed by atoms with Crippen LogP contribution in [0.15, 0.2) is 12.1 Å². The van der Waals surface area contributed by atoms with Gasteiger partial charge in [0.1, 0.15) is 11.4 Å². The zero-order valence-corrected chi connectivity index (χ0v) is 11.5. The lowest BCUT2D eigenvalue weighted by Crippen LogP contribution is -2.35. The monoisotopic (exact) mass is 290 g/mol. The number of amides is 1. The molecule has 1 rings (SSSR count). The van der Waals surface area contributed by atoms with Crippen LogP contribution in [0.1, 0.15) is 20.8 Å². The van der Waals surface area contributed by atoms with Gasteiger partial charge in [-0.15, -0.1) is 0 Å². The molecule has 0 aliphatic heterocycles. The largest absolute Gasteiger partial charge is 0.444 e. The Kier molecular flexibility index (Phi) is 5.24. The van der Waals surface area contributed by atoms with Crippen LogP contribution < -0.4 is 10.6 Å². The summed E-state index contributed by atoms with van der Waals surface area (Å²) < 4.78 is 44.1. The molecule has 0 saturated carbocycles. The highest BCUT2D eigenvalue weighted by atomic mass is 19.2. The second kappa shape index (κ2) is 6.49. The van der Waals surface area contributed by atoms with Crippen LogP contribution in [0.2, 0.25) is 0 Å². The van der Waals surface area contributed by atoms with Gasteiger partial charge in [-0.2, -0.15) is 0 Å². The highest BCUT2D eigenvalue weighted by Crippen LogP contribution is 2.18. The molecule has 0 spiro atoms. The zero-order chi connectivity index (χ0) is 15.3. The minimum Gasteiger partial charge on any atom is -0.444 e. The van der Waals surface area contributed by atoms with Crippen molar-refractivity contribution in [1.29, 1.82) is 0 Å². The van der Waals surface area contributed by atoms with Crippen LogP contribution in [0.5, 0.6) is 0 Å². The lowest BCUT2D eigenvalue weighted by atomic mass is 10.2. The Morgan fingerprint density at radius 1 is 1.20 bits per heavy atom. The Labute approximate surface area is 115 Å². The van der Waals surface area contributed by atoms with Crippen molar-refractivity contribution in [2.24, 2.45) is 0 Å². The SMILES string of the molecule is CC(C)(C)OC(=O)NCCNc1cc(F)cc(F)c1F. The molecule has 0 bridgehead atoms. The first-order valence-corrected chi connectivity index (χ1v) is 6.04. The summed E-state index contributed by atoms with van der Waals surface area (Å²) in [6, 6.07) is 1.30. The van der Waals surface area contributed by atoms with E-state index in [0.717, 1.165) is 6.07 Å². The van der Waals surface area contributed by atoms with E-state index in [4.69, 9.17) is 4.74 Å². The molecule has 20 heavy (non-hydrogen) atoms. The summed E-state index contributed by atoms with van der Waals surface area (Å²) in [7, 11) is 0. The Hall–Kier alpha value is -1.92. The minimum absolute atomic E-state index is 0.0963. The van der Waals surface area contributed by atoms with Crippen LogP contribution in [-0.2, 0) is 4.74 Å². The molecule has 0 heterocycles. The molecule has 7 heteroatoms. The molecule has 1 aromatic rings. The van der Waals surface area contributed by atoms with Crippen LogP contribution in [0.3, 0.4) is 0 Å². The van der Waals surface area contributed by atoms with Crippen LogP contribution in [-0.4, -0.2) is 24.8 Å².